The zero-order valence-electron chi connectivity index (χ0n) is 13.9. The van der Waals surface area contributed by atoms with E-state index in [2.05, 4.69) is 0 Å². The van der Waals surface area contributed by atoms with Gasteiger partial charge in [0.1, 0.15) is 0 Å². The number of rotatable bonds is 3. The van der Waals surface area contributed by atoms with Crippen LogP contribution >= 0.6 is 23.5 Å². The van der Waals surface area contributed by atoms with Crippen molar-refractivity contribution >= 4 is 35.4 Å². The van der Waals surface area contributed by atoms with E-state index in [1.165, 1.54) is 23.5 Å². The molecule has 2 heterocycles. The second-order valence-electron chi connectivity index (χ2n) is 6.75. The zero-order chi connectivity index (χ0) is 17.2. The lowest BCUT2D eigenvalue weighted by Crippen LogP contribution is -2.48. The first kappa shape index (κ1) is 17.7. The van der Waals surface area contributed by atoms with Crippen molar-refractivity contribution in [1.29, 1.82) is 0 Å². The molecule has 0 bridgehead atoms. The number of hydrogen-bond acceptors (Lipinski definition) is 4. The number of hydrogen-bond donors (Lipinski definition) is 1. The smallest absolute Gasteiger partial charge is 0.311 e. The normalized spacial score (nSPS) is 25.5. The van der Waals surface area contributed by atoms with E-state index >= 15 is 0 Å². The van der Waals surface area contributed by atoms with Crippen LogP contribution in [0.3, 0.4) is 0 Å². The second kappa shape index (κ2) is 7.40. The van der Waals surface area contributed by atoms with E-state index in [0.717, 1.165) is 6.42 Å². The minimum absolute atomic E-state index is 0.0577. The van der Waals surface area contributed by atoms with Gasteiger partial charge in [-0.15, -0.1) is 23.5 Å². The molecule has 4 nitrogen and oxygen atoms in total. The fourth-order valence-corrected chi connectivity index (χ4v) is 6.13. The Morgan fingerprint density at radius 3 is 2.46 bits per heavy atom. The van der Waals surface area contributed by atoms with Crippen molar-refractivity contribution < 1.29 is 14.7 Å². The van der Waals surface area contributed by atoms with Gasteiger partial charge in [-0.2, -0.15) is 0 Å². The third kappa shape index (κ3) is 3.75. The van der Waals surface area contributed by atoms with Crippen LogP contribution in [0.5, 0.6) is 0 Å². The maximum atomic E-state index is 12.7. The van der Waals surface area contributed by atoms with Crippen LogP contribution < -0.4 is 0 Å². The van der Waals surface area contributed by atoms with Crippen LogP contribution in [-0.4, -0.2) is 46.5 Å². The second-order valence-corrected chi connectivity index (χ2v) is 9.47. The number of benzene rings is 1. The summed E-state index contributed by atoms with van der Waals surface area (Å²) in [6.45, 7) is 2.66. The molecule has 3 rings (SSSR count). The van der Waals surface area contributed by atoms with Gasteiger partial charge in [-0.3, -0.25) is 9.59 Å². The van der Waals surface area contributed by atoms with E-state index < -0.39 is 11.4 Å². The van der Waals surface area contributed by atoms with Gasteiger partial charge in [-0.1, -0.05) is 12.1 Å². The molecular formula is C18H23NO3S2. The topological polar surface area (TPSA) is 57.6 Å². The van der Waals surface area contributed by atoms with Crippen LogP contribution in [0.2, 0.25) is 0 Å². The maximum Gasteiger partial charge on any atom is 0.311 e. The Morgan fingerprint density at radius 2 is 1.83 bits per heavy atom. The lowest BCUT2D eigenvalue weighted by Gasteiger charge is -2.37. The number of nitrogens with zero attached hydrogens (tertiary/aromatic N) is 1. The van der Waals surface area contributed by atoms with E-state index in [-0.39, 0.29) is 12.5 Å². The average molecular weight is 366 g/mol. The van der Waals surface area contributed by atoms with E-state index in [1.54, 1.807) is 11.8 Å². The van der Waals surface area contributed by atoms with Crippen molar-refractivity contribution in [3.63, 3.8) is 0 Å². The number of thioether (sulfide) groups is 2. The lowest BCUT2D eigenvalue weighted by molar-refractivity contribution is -0.150. The van der Waals surface area contributed by atoms with Crippen molar-refractivity contribution in [3.05, 3.63) is 35.4 Å². The van der Waals surface area contributed by atoms with Gasteiger partial charge in [-0.25, -0.2) is 0 Å². The summed E-state index contributed by atoms with van der Waals surface area (Å²) < 4.78 is 0.466. The molecule has 1 aromatic rings. The van der Waals surface area contributed by atoms with Crippen LogP contribution in [0.4, 0.5) is 0 Å². The van der Waals surface area contributed by atoms with Gasteiger partial charge >= 0.3 is 5.97 Å². The molecule has 1 N–H and O–H groups in total. The van der Waals surface area contributed by atoms with Crippen molar-refractivity contribution in [2.45, 2.75) is 30.8 Å². The molecule has 2 aliphatic rings. The zero-order valence-corrected chi connectivity index (χ0v) is 15.5. The standard InChI is InChI=1S/C18H23NO3S2/c1-18(17(21)22)8-2-9-19(12-18)15(20)13-4-6-14(7-5-13)16-23-10-3-11-24-16/h4-7,16H,2-3,8-12H2,1H3,(H,21,22). The number of likely N-dealkylation sites (tertiary alicyclic amines) is 1. The molecule has 2 fully saturated rings. The van der Waals surface area contributed by atoms with Crippen LogP contribution in [-0.2, 0) is 4.79 Å². The third-order valence-corrected chi connectivity index (χ3v) is 7.77. The first-order valence-electron chi connectivity index (χ1n) is 8.35. The van der Waals surface area contributed by atoms with E-state index in [4.69, 9.17) is 0 Å². The summed E-state index contributed by atoms with van der Waals surface area (Å²) in [7, 11) is 0. The van der Waals surface area contributed by atoms with Crippen molar-refractivity contribution in [2.75, 3.05) is 24.6 Å². The average Bonchev–Trinajstić information content (AvgIpc) is 2.62. The SMILES string of the molecule is CC1(C(=O)O)CCCN(C(=O)c2ccc(C3SCCCS3)cc2)C1. The molecule has 0 aliphatic carbocycles. The molecule has 130 valence electrons. The summed E-state index contributed by atoms with van der Waals surface area (Å²) in [5.74, 6) is 1.51. The Balaban J connectivity index is 1.69. The highest BCUT2D eigenvalue weighted by Crippen LogP contribution is 2.43. The fourth-order valence-electron chi connectivity index (χ4n) is 3.23. The Labute approximate surface area is 151 Å². The summed E-state index contributed by atoms with van der Waals surface area (Å²) >= 11 is 3.93. The number of carboxylic acids is 1. The number of carbonyl (C=O) groups is 2. The molecule has 2 saturated heterocycles. The van der Waals surface area contributed by atoms with Crippen LogP contribution in [0.15, 0.2) is 24.3 Å². The van der Waals surface area contributed by atoms with Gasteiger partial charge in [0, 0.05) is 18.7 Å². The minimum Gasteiger partial charge on any atom is -0.481 e. The summed E-state index contributed by atoms with van der Waals surface area (Å²) in [4.78, 5) is 25.9. The van der Waals surface area contributed by atoms with Crippen molar-refractivity contribution in [3.8, 4) is 0 Å². The van der Waals surface area contributed by atoms with E-state index in [0.29, 0.717) is 23.1 Å². The summed E-state index contributed by atoms with van der Waals surface area (Å²) in [6.07, 6.45) is 2.63. The highest BCUT2D eigenvalue weighted by Gasteiger charge is 2.39. The highest BCUT2D eigenvalue weighted by atomic mass is 32.2. The first-order valence-corrected chi connectivity index (χ1v) is 10.5. The Kier molecular flexibility index (Phi) is 5.45. The monoisotopic (exact) mass is 365 g/mol. The summed E-state index contributed by atoms with van der Waals surface area (Å²) in [5.41, 5.74) is 1.08. The molecule has 0 radical (unpaired) electrons. The highest BCUT2D eigenvalue weighted by molar-refractivity contribution is 8.16. The maximum absolute atomic E-state index is 12.7. The molecule has 0 saturated carbocycles. The molecule has 6 heteroatoms. The molecular weight excluding hydrogens is 342 g/mol. The van der Waals surface area contributed by atoms with Gasteiger partial charge in [0.2, 0.25) is 0 Å². The molecule has 1 amide bonds. The largest absolute Gasteiger partial charge is 0.481 e. The van der Waals surface area contributed by atoms with Gasteiger partial charge in [0.25, 0.3) is 5.91 Å². The first-order chi connectivity index (χ1) is 11.5. The quantitative estimate of drug-likeness (QED) is 0.881. The molecule has 1 atom stereocenters. The van der Waals surface area contributed by atoms with Crippen molar-refractivity contribution in [2.24, 2.45) is 5.41 Å². The number of carboxylic acid groups (broad SMARTS) is 1. The Morgan fingerprint density at radius 1 is 1.17 bits per heavy atom. The molecule has 1 aromatic carbocycles. The molecule has 0 aromatic heterocycles. The Bertz CT molecular complexity index is 613. The van der Waals surface area contributed by atoms with E-state index in [9.17, 15) is 14.7 Å². The van der Waals surface area contributed by atoms with Gasteiger partial charge < -0.3 is 10.0 Å². The Hall–Kier alpha value is -1.14. The van der Waals surface area contributed by atoms with Gasteiger partial charge in [0.15, 0.2) is 0 Å². The minimum atomic E-state index is -0.830. The lowest BCUT2D eigenvalue weighted by atomic mass is 9.82. The van der Waals surface area contributed by atoms with Crippen molar-refractivity contribution in [1.82, 2.24) is 4.90 Å². The predicted octanol–water partition coefficient (Wildman–Crippen LogP) is 3.88. The number of carbonyl (C=O) groups excluding carboxylic acids is 1. The third-order valence-electron chi connectivity index (χ3n) is 4.76. The molecule has 1 unspecified atom stereocenters. The summed E-state index contributed by atoms with van der Waals surface area (Å²) in [6, 6.07) is 7.87. The predicted molar refractivity (Wildman–Crippen MR) is 99.6 cm³/mol. The molecule has 0 spiro atoms. The number of aliphatic carboxylic acids is 1. The van der Waals surface area contributed by atoms with E-state index in [1.807, 2.05) is 47.8 Å². The fraction of sp³-hybridized carbons (Fsp3) is 0.556. The van der Waals surface area contributed by atoms with Crippen LogP contribution in [0.1, 0.15) is 46.7 Å². The molecule has 24 heavy (non-hydrogen) atoms. The van der Waals surface area contributed by atoms with Gasteiger partial charge in [0.05, 0.1) is 10.00 Å². The summed E-state index contributed by atoms with van der Waals surface area (Å²) in [5, 5.41) is 9.41. The molecule has 2 aliphatic heterocycles. The van der Waals surface area contributed by atoms with Gasteiger partial charge in [-0.05, 0) is 55.4 Å². The van der Waals surface area contributed by atoms with Crippen LogP contribution in [0, 0.1) is 5.41 Å². The number of amides is 1. The van der Waals surface area contributed by atoms with Crippen LogP contribution in [0.25, 0.3) is 0 Å². The number of piperidine rings is 1.